The molecule has 52 valence electrons. The van der Waals surface area contributed by atoms with Crippen LogP contribution in [0, 0.1) is 5.92 Å². The Balaban J connectivity index is 2.06. The van der Waals surface area contributed by atoms with Crippen LogP contribution in [0.3, 0.4) is 0 Å². The van der Waals surface area contributed by atoms with Crippen molar-refractivity contribution in [2.45, 2.75) is 38.1 Å². The number of nitrogens with one attached hydrogen (secondary N) is 1. The first-order valence-electron chi connectivity index (χ1n) is 4.08. The monoisotopic (exact) mass is 125 g/mol. The van der Waals surface area contributed by atoms with Gasteiger partial charge in [-0.2, -0.15) is 0 Å². The molecule has 1 saturated carbocycles. The highest BCUT2D eigenvalue weighted by atomic mass is 15.1. The predicted molar refractivity (Wildman–Crippen MR) is 38.4 cm³/mol. The first-order chi connectivity index (χ1) is 4.33. The van der Waals surface area contributed by atoms with E-state index in [1.165, 1.54) is 32.2 Å². The molecule has 0 aromatic heterocycles. The topological polar surface area (TPSA) is 12.0 Å². The molecule has 1 aliphatic heterocycles. The molecule has 2 fully saturated rings. The minimum atomic E-state index is 0.625. The summed E-state index contributed by atoms with van der Waals surface area (Å²) in [6.45, 7) is 3.64. The van der Waals surface area contributed by atoms with Crippen LogP contribution in [0.4, 0.5) is 0 Å². The molecule has 9 heavy (non-hydrogen) atoms. The van der Waals surface area contributed by atoms with E-state index in [9.17, 15) is 0 Å². The van der Waals surface area contributed by atoms with Crippen LogP contribution in [0.15, 0.2) is 0 Å². The van der Waals surface area contributed by atoms with E-state index in [4.69, 9.17) is 0 Å². The lowest BCUT2D eigenvalue weighted by molar-refractivity contribution is 0.122. The Kier molecular flexibility index (Phi) is 1.10. The molecule has 1 N–H and O–H groups in total. The van der Waals surface area contributed by atoms with Crippen LogP contribution in [0.25, 0.3) is 0 Å². The normalized spacial score (nSPS) is 39.0. The van der Waals surface area contributed by atoms with Crippen LogP contribution in [0.2, 0.25) is 0 Å². The van der Waals surface area contributed by atoms with Crippen LogP contribution in [-0.2, 0) is 0 Å². The fourth-order valence-electron chi connectivity index (χ4n) is 2.27. The Morgan fingerprint density at radius 2 is 2.00 bits per heavy atom. The third kappa shape index (κ3) is 0.644. The van der Waals surface area contributed by atoms with Crippen molar-refractivity contribution in [2.24, 2.45) is 5.92 Å². The molecule has 1 spiro atoms. The van der Waals surface area contributed by atoms with Gasteiger partial charge >= 0.3 is 0 Å². The molecule has 1 aliphatic carbocycles. The molecule has 1 atom stereocenters. The van der Waals surface area contributed by atoms with Crippen molar-refractivity contribution >= 4 is 0 Å². The standard InChI is InChI=1S/C8H15N/c1-7-6-9-8(7)4-2-3-5-8/h7,9H,2-6H2,1H3/t7-/m1/s1. The van der Waals surface area contributed by atoms with Gasteiger partial charge in [0.25, 0.3) is 0 Å². The molecule has 2 aliphatic rings. The fourth-order valence-corrected chi connectivity index (χ4v) is 2.27. The second-order valence-electron chi connectivity index (χ2n) is 3.65. The van der Waals surface area contributed by atoms with Crippen LogP contribution in [0.1, 0.15) is 32.6 Å². The summed E-state index contributed by atoms with van der Waals surface area (Å²) in [5.74, 6) is 0.958. The second-order valence-corrected chi connectivity index (χ2v) is 3.65. The average molecular weight is 125 g/mol. The summed E-state index contributed by atoms with van der Waals surface area (Å²) in [5, 5.41) is 3.57. The molecule has 0 aromatic rings. The largest absolute Gasteiger partial charge is 0.311 e. The van der Waals surface area contributed by atoms with Gasteiger partial charge in [-0.3, -0.25) is 0 Å². The Bertz CT molecular complexity index is 114. The van der Waals surface area contributed by atoms with E-state index in [1.807, 2.05) is 0 Å². The zero-order chi connectivity index (χ0) is 6.32. The van der Waals surface area contributed by atoms with E-state index in [0.29, 0.717) is 5.54 Å². The zero-order valence-corrected chi connectivity index (χ0v) is 6.11. The van der Waals surface area contributed by atoms with Crippen LogP contribution >= 0.6 is 0 Å². The molecule has 1 saturated heterocycles. The smallest absolute Gasteiger partial charge is 0.0219 e. The predicted octanol–water partition coefficient (Wildman–Crippen LogP) is 1.54. The maximum absolute atomic E-state index is 3.57. The van der Waals surface area contributed by atoms with E-state index in [0.717, 1.165) is 5.92 Å². The minimum Gasteiger partial charge on any atom is -0.311 e. The lowest BCUT2D eigenvalue weighted by Crippen LogP contribution is -2.62. The van der Waals surface area contributed by atoms with Gasteiger partial charge in [0.15, 0.2) is 0 Å². The Morgan fingerprint density at radius 1 is 1.33 bits per heavy atom. The molecule has 0 amide bonds. The molecule has 0 radical (unpaired) electrons. The van der Waals surface area contributed by atoms with Gasteiger partial charge in [-0.25, -0.2) is 0 Å². The highest BCUT2D eigenvalue weighted by molar-refractivity contribution is 5.04. The van der Waals surface area contributed by atoms with E-state index in [1.54, 1.807) is 0 Å². The maximum atomic E-state index is 3.57. The minimum absolute atomic E-state index is 0.625. The van der Waals surface area contributed by atoms with E-state index >= 15 is 0 Å². The molecule has 0 unspecified atom stereocenters. The van der Waals surface area contributed by atoms with Gasteiger partial charge < -0.3 is 5.32 Å². The molecule has 1 heteroatoms. The van der Waals surface area contributed by atoms with Gasteiger partial charge in [0.2, 0.25) is 0 Å². The quantitative estimate of drug-likeness (QED) is 0.518. The van der Waals surface area contributed by atoms with Crippen molar-refractivity contribution in [3.05, 3.63) is 0 Å². The summed E-state index contributed by atoms with van der Waals surface area (Å²) in [5.41, 5.74) is 0.625. The van der Waals surface area contributed by atoms with Crippen molar-refractivity contribution in [1.29, 1.82) is 0 Å². The van der Waals surface area contributed by atoms with Crippen molar-refractivity contribution in [3.63, 3.8) is 0 Å². The van der Waals surface area contributed by atoms with Gasteiger partial charge in [-0.15, -0.1) is 0 Å². The first kappa shape index (κ1) is 5.72. The van der Waals surface area contributed by atoms with Crippen molar-refractivity contribution < 1.29 is 0 Å². The number of rotatable bonds is 0. The van der Waals surface area contributed by atoms with Crippen LogP contribution in [0.5, 0.6) is 0 Å². The fraction of sp³-hybridized carbons (Fsp3) is 1.00. The molecular formula is C8H15N. The van der Waals surface area contributed by atoms with E-state index in [2.05, 4.69) is 12.2 Å². The average Bonchev–Trinajstić information content (AvgIpc) is 2.34. The molecule has 0 bridgehead atoms. The first-order valence-corrected chi connectivity index (χ1v) is 4.08. The lowest BCUT2D eigenvalue weighted by atomic mass is 9.76. The summed E-state index contributed by atoms with van der Waals surface area (Å²) >= 11 is 0. The highest BCUT2D eigenvalue weighted by Crippen LogP contribution is 2.40. The van der Waals surface area contributed by atoms with Gasteiger partial charge in [-0.1, -0.05) is 19.8 Å². The van der Waals surface area contributed by atoms with Crippen LogP contribution in [-0.4, -0.2) is 12.1 Å². The third-order valence-corrected chi connectivity index (χ3v) is 3.20. The van der Waals surface area contributed by atoms with Gasteiger partial charge in [0.05, 0.1) is 0 Å². The number of hydrogen-bond acceptors (Lipinski definition) is 1. The second kappa shape index (κ2) is 1.72. The van der Waals surface area contributed by atoms with E-state index in [-0.39, 0.29) is 0 Å². The van der Waals surface area contributed by atoms with Crippen molar-refractivity contribution in [2.75, 3.05) is 6.54 Å². The van der Waals surface area contributed by atoms with Gasteiger partial charge in [0, 0.05) is 5.54 Å². The highest BCUT2D eigenvalue weighted by Gasteiger charge is 2.44. The summed E-state index contributed by atoms with van der Waals surface area (Å²) in [6.07, 6.45) is 5.79. The van der Waals surface area contributed by atoms with Crippen LogP contribution < -0.4 is 5.32 Å². The molecule has 0 aromatic carbocycles. The summed E-state index contributed by atoms with van der Waals surface area (Å²) < 4.78 is 0. The van der Waals surface area contributed by atoms with Crippen molar-refractivity contribution in [1.82, 2.24) is 5.32 Å². The lowest BCUT2D eigenvalue weighted by Gasteiger charge is -2.47. The summed E-state index contributed by atoms with van der Waals surface area (Å²) in [7, 11) is 0. The molecular weight excluding hydrogens is 110 g/mol. The van der Waals surface area contributed by atoms with Crippen molar-refractivity contribution in [3.8, 4) is 0 Å². The molecule has 1 heterocycles. The zero-order valence-electron chi connectivity index (χ0n) is 6.11. The van der Waals surface area contributed by atoms with Gasteiger partial charge in [-0.05, 0) is 25.3 Å². The number of hydrogen-bond donors (Lipinski definition) is 1. The third-order valence-electron chi connectivity index (χ3n) is 3.20. The van der Waals surface area contributed by atoms with Gasteiger partial charge in [0.1, 0.15) is 0 Å². The molecule has 1 nitrogen and oxygen atoms in total. The Labute approximate surface area is 56.8 Å². The molecule has 2 rings (SSSR count). The Morgan fingerprint density at radius 3 is 2.22 bits per heavy atom. The van der Waals surface area contributed by atoms with E-state index < -0.39 is 0 Å². The maximum Gasteiger partial charge on any atom is 0.0219 e. The summed E-state index contributed by atoms with van der Waals surface area (Å²) in [6, 6.07) is 0. The summed E-state index contributed by atoms with van der Waals surface area (Å²) in [4.78, 5) is 0. The SMILES string of the molecule is C[C@@H]1CNC12CCCC2. The Hall–Kier alpha value is -0.0400.